The van der Waals surface area contributed by atoms with Gasteiger partial charge in [0.05, 0.1) is 7.11 Å². The average molecular weight is 231 g/mol. The minimum atomic E-state index is 0.907. The molecule has 0 aliphatic rings. The summed E-state index contributed by atoms with van der Waals surface area (Å²) in [4.78, 5) is 0. The summed E-state index contributed by atoms with van der Waals surface area (Å²) in [5, 5.41) is 3.43. The lowest BCUT2D eigenvalue weighted by Gasteiger charge is -2.05. The molecule has 1 N–H and O–H groups in total. The number of nitrogens with one attached hydrogen (secondary N) is 1. The van der Waals surface area contributed by atoms with Crippen LogP contribution in [0.3, 0.4) is 0 Å². The van der Waals surface area contributed by atoms with Gasteiger partial charge in [-0.1, -0.05) is 18.7 Å². The Kier molecular flexibility index (Phi) is 6.89. The van der Waals surface area contributed by atoms with Crippen LogP contribution in [0.2, 0.25) is 0 Å². The monoisotopic (exact) mass is 231 g/mol. The summed E-state index contributed by atoms with van der Waals surface area (Å²) in [5.41, 5.74) is 4.08. The van der Waals surface area contributed by atoms with Crippen LogP contribution in [0.5, 0.6) is 5.75 Å². The van der Waals surface area contributed by atoms with Crippen molar-refractivity contribution in [2.24, 2.45) is 0 Å². The SMILES string of the molecule is C=C=CCCCCNCc1ccc(OC)cc1. The van der Waals surface area contributed by atoms with Crippen LogP contribution in [-0.4, -0.2) is 13.7 Å². The molecule has 0 atom stereocenters. The van der Waals surface area contributed by atoms with Gasteiger partial charge in [0.1, 0.15) is 5.75 Å². The third kappa shape index (κ3) is 5.96. The van der Waals surface area contributed by atoms with Crippen LogP contribution in [0.15, 0.2) is 42.7 Å². The van der Waals surface area contributed by atoms with Gasteiger partial charge in [-0.15, -0.1) is 5.73 Å². The van der Waals surface area contributed by atoms with E-state index in [1.807, 2.05) is 18.2 Å². The van der Waals surface area contributed by atoms with Crippen molar-refractivity contribution in [1.82, 2.24) is 5.32 Å². The van der Waals surface area contributed by atoms with Crippen LogP contribution in [0.4, 0.5) is 0 Å². The summed E-state index contributed by atoms with van der Waals surface area (Å²) in [7, 11) is 1.69. The highest BCUT2D eigenvalue weighted by atomic mass is 16.5. The summed E-state index contributed by atoms with van der Waals surface area (Å²) in [6, 6.07) is 8.16. The van der Waals surface area contributed by atoms with Crippen molar-refractivity contribution in [3.63, 3.8) is 0 Å². The first-order valence-electron chi connectivity index (χ1n) is 6.04. The van der Waals surface area contributed by atoms with E-state index >= 15 is 0 Å². The molecule has 17 heavy (non-hydrogen) atoms. The predicted octanol–water partition coefficient (Wildman–Crippen LogP) is 3.30. The third-order valence-electron chi connectivity index (χ3n) is 2.58. The lowest BCUT2D eigenvalue weighted by Crippen LogP contribution is -2.14. The Morgan fingerprint density at radius 1 is 1.29 bits per heavy atom. The zero-order valence-electron chi connectivity index (χ0n) is 10.5. The lowest BCUT2D eigenvalue weighted by atomic mass is 10.2. The van der Waals surface area contributed by atoms with Crippen molar-refractivity contribution in [2.75, 3.05) is 13.7 Å². The maximum atomic E-state index is 5.11. The molecule has 1 rings (SSSR count). The molecular formula is C15H21NO. The number of methoxy groups -OCH3 is 1. The van der Waals surface area contributed by atoms with Gasteiger partial charge < -0.3 is 10.1 Å². The maximum Gasteiger partial charge on any atom is 0.118 e. The van der Waals surface area contributed by atoms with E-state index in [2.05, 4.69) is 29.8 Å². The van der Waals surface area contributed by atoms with E-state index in [0.29, 0.717) is 0 Å². The zero-order chi connectivity index (χ0) is 12.3. The van der Waals surface area contributed by atoms with Gasteiger partial charge in [-0.05, 0) is 49.6 Å². The van der Waals surface area contributed by atoms with Crippen LogP contribution >= 0.6 is 0 Å². The highest BCUT2D eigenvalue weighted by molar-refractivity contribution is 5.26. The second kappa shape index (κ2) is 8.63. The van der Waals surface area contributed by atoms with Gasteiger partial charge in [-0.25, -0.2) is 0 Å². The van der Waals surface area contributed by atoms with Crippen LogP contribution in [0.1, 0.15) is 24.8 Å². The van der Waals surface area contributed by atoms with Crippen LogP contribution in [0, 0.1) is 0 Å². The van der Waals surface area contributed by atoms with Crippen LogP contribution < -0.4 is 10.1 Å². The van der Waals surface area contributed by atoms with E-state index in [1.165, 1.54) is 18.4 Å². The Bertz CT molecular complexity index is 350. The van der Waals surface area contributed by atoms with Gasteiger partial charge in [0, 0.05) is 6.54 Å². The molecule has 0 radical (unpaired) electrons. The van der Waals surface area contributed by atoms with E-state index in [1.54, 1.807) is 7.11 Å². The molecule has 0 heterocycles. The third-order valence-corrected chi connectivity index (χ3v) is 2.58. The average Bonchev–Trinajstić information content (AvgIpc) is 2.38. The van der Waals surface area contributed by atoms with Crippen molar-refractivity contribution in [1.29, 1.82) is 0 Å². The second-order valence-electron chi connectivity index (χ2n) is 3.93. The molecule has 0 saturated carbocycles. The van der Waals surface area contributed by atoms with Crippen molar-refractivity contribution >= 4 is 0 Å². The first-order chi connectivity index (χ1) is 8.36. The Morgan fingerprint density at radius 2 is 2.06 bits per heavy atom. The summed E-state index contributed by atoms with van der Waals surface area (Å²) in [6.07, 6.45) is 5.45. The van der Waals surface area contributed by atoms with E-state index in [4.69, 9.17) is 4.74 Å². The molecule has 0 bridgehead atoms. The van der Waals surface area contributed by atoms with Gasteiger partial charge >= 0.3 is 0 Å². The molecule has 0 aromatic heterocycles. The lowest BCUT2D eigenvalue weighted by molar-refractivity contribution is 0.414. The fourth-order valence-corrected chi connectivity index (χ4v) is 1.57. The minimum Gasteiger partial charge on any atom is -0.497 e. The maximum absolute atomic E-state index is 5.11. The molecular weight excluding hydrogens is 210 g/mol. The van der Waals surface area contributed by atoms with Crippen LogP contribution in [-0.2, 0) is 6.54 Å². The number of benzene rings is 1. The van der Waals surface area contributed by atoms with Crippen LogP contribution in [0.25, 0.3) is 0 Å². The first-order valence-corrected chi connectivity index (χ1v) is 6.04. The van der Waals surface area contributed by atoms with Gasteiger partial charge in [0.2, 0.25) is 0 Å². The minimum absolute atomic E-state index is 0.907. The Hall–Kier alpha value is -1.50. The highest BCUT2D eigenvalue weighted by Gasteiger charge is 1.94. The summed E-state index contributed by atoms with van der Waals surface area (Å²) in [5.74, 6) is 0.907. The number of hydrogen-bond donors (Lipinski definition) is 1. The molecule has 2 heteroatoms. The number of rotatable bonds is 8. The number of allylic oxidation sites excluding steroid dienone is 1. The normalized spacial score (nSPS) is 9.71. The second-order valence-corrected chi connectivity index (χ2v) is 3.93. The quantitative estimate of drug-likeness (QED) is 0.547. The van der Waals surface area contributed by atoms with Gasteiger partial charge in [-0.3, -0.25) is 0 Å². The molecule has 0 aliphatic carbocycles. The largest absolute Gasteiger partial charge is 0.497 e. The molecule has 0 saturated heterocycles. The Balaban J connectivity index is 2.11. The fourth-order valence-electron chi connectivity index (χ4n) is 1.57. The molecule has 2 nitrogen and oxygen atoms in total. The highest BCUT2D eigenvalue weighted by Crippen LogP contribution is 2.10. The molecule has 92 valence electrons. The zero-order valence-corrected chi connectivity index (χ0v) is 10.5. The Morgan fingerprint density at radius 3 is 2.71 bits per heavy atom. The molecule has 1 aromatic carbocycles. The predicted molar refractivity (Wildman–Crippen MR) is 72.3 cm³/mol. The summed E-state index contributed by atoms with van der Waals surface area (Å²) < 4.78 is 5.11. The molecule has 0 spiro atoms. The summed E-state index contributed by atoms with van der Waals surface area (Å²) >= 11 is 0. The molecule has 0 aliphatic heterocycles. The summed E-state index contributed by atoms with van der Waals surface area (Å²) in [6.45, 7) is 5.51. The first kappa shape index (κ1) is 13.6. The fraction of sp³-hybridized carbons (Fsp3) is 0.400. The smallest absolute Gasteiger partial charge is 0.118 e. The van der Waals surface area contributed by atoms with E-state index in [-0.39, 0.29) is 0 Å². The Labute approximate surface area is 104 Å². The van der Waals surface area contributed by atoms with Crippen molar-refractivity contribution in [2.45, 2.75) is 25.8 Å². The molecule has 0 amide bonds. The molecule has 1 aromatic rings. The number of hydrogen-bond acceptors (Lipinski definition) is 2. The van der Waals surface area contributed by atoms with Gasteiger partial charge in [0.25, 0.3) is 0 Å². The molecule has 0 fully saturated rings. The van der Waals surface area contributed by atoms with Crippen molar-refractivity contribution in [3.8, 4) is 5.75 Å². The van der Waals surface area contributed by atoms with Gasteiger partial charge in [0.15, 0.2) is 0 Å². The standard InChI is InChI=1S/C15H21NO/c1-3-4-5-6-7-12-16-13-14-8-10-15(17-2)11-9-14/h4,8-11,16H,1,5-7,12-13H2,2H3. The number of unbranched alkanes of at least 4 members (excludes halogenated alkanes) is 2. The number of ether oxygens (including phenoxy) is 1. The van der Waals surface area contributed by atoms with Crippen molar-refractivity contribution < 1.29 is 4.74 Å². The van der Waals surface area contributed by atoms with E-state index in [9.17, 15) is 0 Å². The topological polar surface area (TPSA) is 21.3 Å². The van der Waals surface area contributed by atoms with E-state index in [0.717, 1.165) is 25.3 Å². The molecule has 0 unspecified atom stereocenters. The van der Waals surface area contributed by atoms with E-state index < -0.39 is 0 Å². The van der Waals surface area contributed by atoms with Crippen molar-refractivity contribution in [3.05, 3.63) is 48.2 Å². The van der Waals surface area contributed by atoms with Gasteiger partial charge in [-0.2, -0.15) is 0 Å².